The van der Waals surface area contributed by atoms with Crippen molar-refractivity contribution in [2.45, 2.75) is 51.4 Å². The smallest absolute Gasteiger partial charge is 0.304 e. The van der Waals surface area contributed by atoms with Crippen molar-refractivity contribution < 1.29 is 39.6 Å². The topological polar surface area (TPSA) is 156 Å². The monoisotopic (exact) mass is 404 g/mol. The average molecular weight is 404 g/mol. The molecule has 0 aromatic carbocycles. The number of unbranched alkanes of at least 4 members (excludes halogenated alkanes) is 3. The quantitative estimate of drug-likeness (QED) is 0.229. The minimum absolute atomic E-state index is 0.0261. The molecule has 10 nitrogen and oxygen atoms in total. The summed E-state index contributed by atoms with van der Waals surface area (Å²) in [5.41, 5.74) is 0. The molecule has 4 N–H and O–H groups in total. The van der Waals surface area contributed by atoms with Crippen LogP contribution in [0.4, 0.5) is 0 Å². The number of carboxylic acid groups (broad SMARTS) is 4. The van der Waals surface area contributed by atoms with Gasteiger partial charge < -0.3 is 30.2 Å². The molecule has 0 saturated heterocycles. The molecule has 0 amide bonds. The second-order valence-electron chi connectivity index (χ2n) is 6.67. The normalized spacial score (nSPS) is 11.1. The predicted molar refractivity (Wildman–Crippen MR) is 100 cm³/mol. The standard InChI is InChI=1S/C18H32N2O8/c21-15(22)5-11-19(12-6-16(23)24)9-3-1-2-4-10-20(13-7-17(25)26)14-8-18(27)28/h1-14H2,(H,21,22)(H,23,24)(H,25,26)(H,27,28). The Morgan fingerprint density at radius 2 is 0.679 bits per heavy atom. The molecule has 0 saturated carbocycles. The summed E-state index contributed by atoms with van der Waals surface area (Å²) in [7, 11) is 0. The zero-order valence-corrected chi connectivity index (χ0v) is 16.2. The first kappa shape index (κ1) is 25.8. The molecule has 0 atom stereocenters. The fourth-order valence-electron chi connectivity index (χ4n) is 2.71. The zero-order chi connectivity index (χ0) is 21.4. The molecule has 0 aliphatic carbocycles. The van der Waals surface area contributed by atoms with Gasteiger partial charge in [0, 0.05) is 26.2 Å². The summed E-state index contributed by atoms with van der Waals surface area (Å²) in [6, 6.07) is 0. The van der Waals surface area contributed by atoms with Gasteiger partial charge in [0.15, 0.2) is 0 Å². The van der Waals surface area contributed by atoms with Crippen LogP contribution < -0.4 is 0 Å². The van der Waals surface area contributed by atoms with Crippen molar-refractivity contribution in [3.63, 3.8) is 0 Å². The Morgan fingerprint density at radius 1 is 0.429 bits per heavy atom. The van der Waals surface area contributed by atoms with Crippen LogP contribution >= 0.6 is 0 Å². The highest BCUT2D eigenvalue weighted by molar-refractivity contribution is 5.68. The van der Waals surface area contributed by atoms with Gasteiger partial charge in [0.25, 0.3) is 0 Å². The van der Waals surface area contributed by atoms with Crippen LogP contribution in [0.25, 0.3) is 0 Å². The van der Waals surface area contributed by atoms with E-state index in [0.29, 0.717) is 39.3 Å². The van der Waals surface area contributed by atoms with E-state index >= 15 is 0 Å². The number of hydrogen-bond donors (Lipinski definition) is 4. The molecule has 0 aromatic rings. The fraction of sp³-hybridized carbons (Fsp3) is 0.778. The number of hydrogen-bond acceptors (Lipinski definition) is 6. The molecule has 0 spiro atoms. The largest absolute Gasteiger partial charge is 0.481 e. The molecule has 162 valence electrons. The van der Waals surface area contributed by atoms with E-state index in [9.17, 15) is 19.2 Å². The van der Waals surface area contributed by atoms with Crippen LogP contribution in [0.3, 0.4) is 0 Å². The highest BCUT2D eigenvalue weighted by Gasteiger charge is 2.11. The lowest BCUT2D eigenvalue weighted by molar-refractivity contribution is -0.139. The van der Waals surface area contributed by atoms with Crippen molar-refractivity contribution in [3.8, 4) is 0 Å². The lowest BCUT2D eigenvalue weighted by atomic mass is 10.1. The average Bonchev–Trinajstić information content (AvgIpc) is 2.60. The van der Waals surface area contributed by atoms with E-state index < -0.39 is 23.9 Å². The number of carboxylic acids is 4. The maximum atomic E-state index is 10.7. The summed E-state index contributed by atoms with van der Waals surface area (Å²) in [6.45, 7) is 2.54. The Balaban J connectivity index is 4.10. The highest BCUT2D eigenvalue weighted by Crippen LogP contribution is 2.06. The van der Waals surface area contributed by atoms with Crippen molar-refractivity contribution in [3.05, 3.63) is 0 Å². The summed E-state index contributed by atoms with van der Waals surface area (Å²) in [5.74, 6) is -3.66. The first-order chi connectivity index (χ1) is 13.2. The van der Waals surface area contributed by atoms with E-state index in [-0.39, 0.29) is 25.7 Å². The first-order valence-electron chi connectivity index (χ1n) is 9.52. The molecule has 10 heteroatoms. The van der Waals surface area contributed by atoms with Crippen LogP contribution in [0.15, 0.2) is 0 Å². The molecule has 0 aromatic heterocycles. The van der Waals surface area contributed by atoms with Gasteiger partial charge in [-0.1, -0.05) is 12.8 Å². The number of nitrogens with zero attached hydrogens (tertiary/aromatic N) is 2. The van der Waals surface area contributed by atoms with Crippen LogP contribution in [0.2, 0.25) is 0 Å². The van der Waals surface area contributed by atoms with E-state index in [4.69, 9.17) is 20.4 Å². The van der Waals surface area contributed by atoms with Gasteiger partial charge in [0.05, 0.1) is 25.7 Å². The summed E-state index contributed by atoms with van der Waals surface area (Å²) in [6.07, 6.45) is 3.27. The van der Waals surface area contributed by atoms with Crippen LogP contribution in [0, 0.1) is 0 Å². The molecule has 28 heavy (non-hydrogen) atoms. The SMILES string of the molecule is O=C(O)CCN(CCCCCCN(CCC(=O)O)CCC(=O)O)CCC(=O)O. The van der Waals surface area contributed by atoms with Gasteiger partial charge in [-0.15, -0.1) is 0 Å². The van der Waals surface area contributed by atoms with E-state index in [1.165, 1.54) is 0 Å². The van der Waals surface area contributed by atoms with E-state index in [0.717, 1.165) is 25.7 Å². The second kappa shape index (κ2) is 15.8. The number of rotatable bonds is 19. The molecule has 0 radical (unpaired) electrons. The first-order valence-corrected chi connectivity index (χ1v) is 9.52. The Morgan fingerprint density at radius 3 is 0.893 bits per heavy atom. The van der Waals surface area contributed by atoms with Crippen molar-refractivity contribution in [1.82, 2.24) is 9.80 Å². The van der Waals surface area contributed by atoms with E-state index in [2.05, 4.69) is 0 Å². The third kappa shape index (κ3) is 17.2. The summed E-state index contributed by atoms with van der Waals surface area (Å²) < 4.78 is 0. The molecular weight excluding hydrogens is 372 g/mol. The molecule has 0 unspecified atom stereocenters. The Hall–Kier alpha value is -2.20. The van der Waals surface area contributed by atoms with Crippen molar-refractivity contribution in [1.29, 1.82) is 0 Å². The molecule has 0 fully saturated rings. The van der Waals surface area contributed by atoms with Gasteiger partial charge in [-0.3, -0.25) is 19.2 Å². The molecule has 0 heterocycles. The maximum absolute atomic E-state index is 10.7. The lowest BCUT2D eigenvalue weighted by Gasteiger charge is -2.22. The van der Waals surface area contributed by atoms with Crippen LogP contribution in [0.1, 0.15) is 51.4 Å². The third-order valence-corrected chi connectivity index (χ3v) is 4.27. The highest BCUT2D eigenvalue weighted by atomic mass is 16.4. The molecular formula is C18H32N2O8. The summed E-state index contributed by atoms with van der Waals surface area (Å²) in [4.78, 5) is 46.4. The minimum Gasteiger partial charge on any atom is -0.481 e. The van der Waals surface area contributed by atoms with Gasteiger partial charge in [-0.05, 0) is 25.9 Å². The van der Waals surface area contributed by atoms with Crippen LogP contribution in [0.5, 0.6) is 0 Å². The molecule has 0 aliphatic rings. The summed E-state index contributed by atoms with van der Waals surface area (Å²) >= 11 is 0. The second-order valence-corrected chi connectivity index (χ2v) is 6.67. The van der Waals surface area contributed by atoms with Gasteiger partial charge in [0.2, 0.25) is 0 Å². The molecule has 0 aliphatic heterocycles. The van der Waals surface area contributed by atoms with Gasteiger partial charge >= 0.3 is 23.9 Å². The van der Waals surface area contributed by atoms with Crippen molar-refractivity contribution in [2.75, 3.05) is 39.3 Å². The van der Waals surface area contributed by atoms with Gasteiger partial charge in [-0.2, -0.15) is 0 Å². The van der Waals surface area contributed by atoms with E-state index in [1.807, 2.05) is 9.80 Å². The van der Waals surface area contributed by atoms with Crippen LogP contribution in [-0.4, -0.2) is 93.4 Å². The third-order valence-electron chi connectivity index (χ3n) is 4.27. The summed E-state index contributed by atoms with van der Waals surface area (Å²) in [5, 5.41) is 35.1. The Labute approximate surface area is 164 Å². The van der Waals surface area contributed by atoms with E-state index in [1.54, 1.807) is 0 Å². The molecule has 0 bridgehead atoms. The Bertz CT molecular complexity index is 418. The van der Waals surface area contributed by atoms with Crippen molar-refractivity contribution >= 4 is 23.9 Å². The molecule has 0 rings (SSSR count). The van der Waals surface area contributed by atoms with Gasteiger partial charge in [0.1, 0.15) is 0 Å². The lowest BCUT2D eigenvalue weighted by Crippen LogP contribution is -2.30. The minimum atomic E-state index is -0.914. The number of aliphatic carboxylic acids is 4. The van der Waals surface area contributed by atoms with Crippen LogP contribution in [-0.2, 0) is 19.2 Å². The fourth-order valence-corrected chi connectivity index (χ4v) is 2.71. The maximum Gasteiger partial charge on any atom is 0.304 e. The van der Waals surface area contributed by atoms with Gasteiger partial charge in [-0.25, -0.2) is 0 Å². The van der Waals surface area contributed by atoms with Crippen molar-refractivity contribution in [2.24, 2.45) is 0 Å². The number of carbonyl (C=O) groups is 4. The predicted octanol–water partition coefficient (Wildman–Crippen LogP) is 1.05. The Kier molecular flexibility index (Phi) is 14.6. The zero-order valence-electron chi connectivity index (χ0n) is 16.2.